The fourth-order valence-corrected chi connectivity index (χ4v) is 3.43. The van der Waals surface area contributed by atoms with Gasteiger partial charge in [-0.2, -0.15) is 8.78 Å². The van der Waals surface area contributed by atoms with Crippen LogP contribution in [-0.4, -0.2) is 25.0 Å². The maximum atomic E-state index is 13.9. The highest BCUT2D eigenvalue weighted by atomic mass is 19.2. The van der Waals surface area contributed by atoms with Crippen LogP contribution in [-0.2, 0) is 4.79 Å². The molecule has 0 amide bonds. The fourth-order valence-electron chi connectivity index (χ4n) is 3.43. The van der Waals surface area contributed by atoms with Crippen LogP contribution in [0.4, 0.5) is 22.0 Å². The Bertz CT molecular complexity index is 1420. The molecule has 0 aromatic heterocycles. The second-order valence-electron chi connectivity index (χ2n) is 7.86. The van der Waals surface area contributed by atoms with Crippen LogP contribution in [0.5, 0.6) is 23.0 Å². The van der Waals surface area contributed by atoms with Crippen LogP contribution >= 0.6 is 0 Å². The number of ketones is 1. The molecule has 11 heteroatoms. The first kappa shape index (κ1) is 25.7. The molecule has 1 unspecified atom stereocenters. The number of fused-ring (bicyclic) bond motifs is 1. The number of rotatable bonds is 6. The summed E-state index contributed by atoms with van der Waals surface area (Å²) in [6.07, 6.45) is -0.249. The smallest absolute Gasteiger partial charge is 0.352 e. The lowest BCUT2D eigenvalue weighted by atomic mass is 10.1. The van der Waals surface area contributed by atoms with Crippen molar-refractivity contribution >= 4 is 17.8 Å². The third kappa shape index (κ3) is 4.72. The van der Waals surface area contributed by atoms with E-state index < -0.39 is 52.7 Å². The van der Waals surface area contributed by atoms with E-state index in [1.54, 1.807) is 24.3 Å². The summed E-state index contributed by atoms with van der Waals surface area (Å²) in [7, 11) is 1.52. The summed E-state index contributed by atoms with van der Waals surface area (Å²) >= 11 is 0. The summed E-state index contributed by atoms with van der Waals surface area (Å²) in [5, 5.41) is 0. The molecule has 0 saturated heterocycles. The molecule has 192 valence electrons. The van der Waals surface area contributed by atoms with E-state index in [-0.39, 0.29) is 28.4 Å². The molecule has 0 N–H and O–H groups in total. The standard InChI is InChI=1S/C26H17F5O6/c1-11-16(37-26(33)12(2)35-25-21(30)19(28)18(27)20(29)22(25)31)9-8-15-23(32)17(36-24(11)15)10-13-4-6-14(34-3)7-5-13/h4-10,12H,1-3H3/b17-10-. The molecule has 3 aromatic rings. The van der Waals surface area contributed by atoms with Crippen LogP contribution < -0.4 is 18.9 Å². The van der Waals surface area contributed by atoms with Crippen molar-refractivity contribution in [3.63, 3.8) is 0 Å². The van der Waals surface area contributed by atoms with Gasteiger partial charge >= 0.3 is 5.97 Å². The lowest BCUT2D eigenvalue weighted by Gasteiger charge is -2.16. The maximum absolute atomic E-state index is 13.9. The number of hydrogen-bond acceptors (Lipinski definition) is 6. The molecule has 1 aliphatic rings. The average molecular weight is 520 g/mol. The molecule has 0 bridgehead atoms. The van der Waals surface area contributed by atoms with Crippen molar-refractivity contribution in [2.45, 2.75) is 20.0 Å². The molecule has 0 spiro atoms. The Labute approximate surface area is 206 Å². The summed E-state index contributed by atoms with van der Waals surface area (Å²) in [5.74, 6) is -13.8. The van der Waals surface area contributed by atoms with Gasteiger partial charge in [0.1, 0.15) is 17.2 Å². The molecular weight excluding hydrogens is 503 g/mol. The number of benzene rings is 3. The van der Waals surface area contributed by atoms with E-state index >= 15 is 0 Å². The number of carbonyl (C=O) groups excluding carboxylic acids is 2. The summed E-state index contributed by atoms with van der Waals surface area (Å²) in [6.45, 7) is 2.50. The molecule has 0 radical (unpaired) electrons. The monoisotopic (exact) mass is 520 g/mol. The topological polar surface area (TPSA) is 71.1 Å². The van der Waals surface area contributed by atoms with Crippen LogP contribution in [0.2, 0.25) is 0 Å². The predicted molar refractivity (Wildman–Crippen MR) is 119 cm³/mol. The normalized spacial score (nSPS) is 14.3. The minimum Gasteiger partial charge on any atom is -0.497 e. The van der Waals surface area contributed by atoms with Gasteiger partial charge in [0.2, 0.25) is 34.9 Å². The van der Waals surface area contributed by atoms with Gasteiger partial charge in [-0.25, -0.2) is 18.0 Å². The number of methoxy groups -OCH3 is 1. The van der Waals surface area contributed by atoms with Gasteiger partial charge in [-0.3, -0.25) is 4.79 Å². The van der Waals surface area contributed by atoms with Crippen molar-refractivity contribution in [1.82, 2.24) is 0 Å². The van der Waals surface area contributed by atoms with Gasteiger partial charge < -0.3 is 18.9 Å². The van der Waals surface area contributed by atoms with Crippen LogP contribution in [0, 0.1) is 36.0 Å². The maximum Gasteiger partial charge on any atom is 0.352 e. The Balaban J connectivity index is 1.53. The number of Topliss-reactive ketones (excluding diaryl/α,β-unsaturated/α-hetero) is 1. The van der Waals surface area contributed by atoms with Gasteiger partial charge in [-0.1, -0.05) is 12.1 Å². The Morgan fingerprint density at radius 3 is 2.11 bits per heavy atom. The second kappa shape index (κ2) is 9.92. The van der Waals surface area contributed by atoms with Gasteiger partial charge in [0.05, 0.1) is 12.7 Å². The first-order chi connectivity index (χ1) is 17.5. The highest BCUT2D eigenvalue weighted by Crippen LogP contribution is 2.39. The highest BCUT2D eigenvalue weighted by molar-refractivity contribution is 6.15. The first-order valence-corrected chi connectivity index (χ1v) is 10.6. The van der Waals surface area contributed by atoms with E-state index in [2.05, 4.69) is 0 Å². The van der Waals surface area contributed by atoms with Crippen LogP contribution in [0.3, 0.4) is 0 Å². The fraction of sp³-hybridized carbons (Fsp3) is 0.154. The lowest BCUT2D eigenvalue weighted by Crippen LogP contribution is -2.29. The SMILES string of the molecule is COc1ccc(/C=C2\Oc3c(ccc(OC(=O)C(C)Oc4c(F)c(F)c(F)c(F)c4F)c3C)C2=O)cc1. The van der Waals surface area contributed by atoms with E-state index in [1.807, 2.05) is 0 Å². The number of halogens is 5. The Morgan fingerprint density at radius 2 is 1.51 bits per heavy atom. The van der Waals surface area contributed by atoms with Crippen LogP contribution in [0.25, 0.3) is 6.08 Å². The summed E-state index contributed by atoms with van der Waals surface area (Å²) in [6, 6.07) is 9.51. The quantitative estimate of drug-likeness (QED) is 0.104. The number of ether oxygens (including phenoxy) is 4. The number of esters is 1. The Morgan fingerprint density at radius 1 is 0.919 bits per heavy atom. The second-order valence-corrected chi connectivity index (χ2v) is 7.86. The molecule has 1 atom stereocenters. The number of allylic oxidation sites excluding steroid dienone is 1. The van der Waals surface area contributed by atoms with Gasteiger partial charge in [0.25, 0.3) is 0 Å². The Hall–Kier alpha value is -4.41. The summed E-state index contributed by atoms with van der Waals surface area (Å²) in [4.78, 5) is 25.2. The molecular formula is C26H17F5O6. The van der Waals surface area contributed by atoms with Crippen molar-refractivity contribution in [3.05, 3.63) is 87.9 Å². The minimum atomic E-state index is -2.36. The van der Waals surface area contributed by atoms with E-state index in [9.17, 15) is 31.5 Å². The van der Waals surface area contributed by atoms with E-state index in [0.29, 0.717) is 11.3 Å². The molecule has 0 aliphatic carbocycles. The summed E-state index contributed by atoms with van der Waals surface area (Å²) < 4.78 is 88.5. The average Bonchev–Trinajstić information content (AvgIpc) is 3.21. The molecule has 0 fully saturated rings. The number of hydrogen-bond donors (Lipinski definition) is 0. The zero-order chi connectivity index (χ0) is 27.0. The van der Waals surface area contributed by atoms with E-state index in [0.717, 1.165) is 6.92 Å². The van der Waals surface area contributed by atoms with Crippen LogP contribution in [0.1, 0.15) is 28.4 Å². The van der Waals surface area contributed by atoms with Crippen molar-refractivity contribution in [2.75, 3.05) is 7.11 Å². The van der Waals surface area contributed by atoms with Crippen molar-refractivity contribution in [3.8, 4) is 23.0 Å². The lowest BCUT2D eigenvalue weighted by molar-refractivity contribution is -0.141. The molecule has 1 aliphatic heterocycles. The van der Waals surface area contributed by atoms with Crippen molar-refractivity contribution in [2.24, 2.45) is 0 Å². The molecule has 37 heavy (non-hydrogen) atoms. The van der Waals surface area contributed by atoms with Crippen LogP contribution in [0.15, 0.2) is 42.2 Å². The molecule has 4 rings (SSSR count). The van der Waals surface area contributed by atoms with Gasteiger partial charge in [-0.15, -0.1) is 0 Å². The Kier molecular flexibility index (Phi) is 6.88. The largest absolute Gasteiger partial charge is 0.497 e. The van der Waals surface area contributed by atoms with Gasteiger partial charge in [-0.05, 0) is 49.8 Å². The molecule has 6 nitrogen and oxygen atoms in total. The van der Waals surface area contributed by atoms with Gasteiger partial charge in [0, 0.05) is 5.56 Å². The number of carbonyl (C=O) groups is 2. The molecule has 0 saturated carbocycles. The zero-order valence-electron chi connectivity index (χ0n) is 19.5. The van der Waals surface area contributed by atoms with E-state index in [4.69, 9.17) is 18.9 Å². The minimum absolute atomic E-state index is 0.0229. The predicted octanol–water partition coefficient (Wildman–Crippen LogP) is 5.69. The van der Waals surface area contributed by atoms with Gasteiger partial charge in [0.15, 0.2) is 17.6 Å². The van der Waals surface area contributed by atoms with Crippen molar-refractivity contribution in [1.29, 1.82) is 0 Å². The summed E-state index contributed by atoms with van der Waals surface area (Å²) in [5.41, 5.74) is 1.13. The first-order valence-electron chi connectivity index (χ1n) is 10.6. The third-order valence-electron chi connectivity index (χ3n) is 5.46. The van der Waals surface area contributed by atoms with Crippen molar-refractivity contribution < 1.29 is 50.5 Å². The highest BCUT2D eigenvalue weighted by Gasteiger charge is 2.32. The molecule has 1 heterocycles. The van der Waals surface area contributed by atoms with E-state index in [1.165, 1.54) is 32.2 Å². The zero-order valence-corrected chi connectivity index (χ0v) is 19.5. The third-order valence-corrected chi connectivity index (χ3v) is 5.46. The molecule has 3 aromatic carbocycles.